The van der Waals surface area contributed by atoms with Gasteiger partial charge in [-0.2, -0.15) is 0 Å². The average Bonchev–Trinajstić information content (AvgIpc) is 2.50. The molecule has 0 unspecified atom stereocenters. The lowest BCUT2D eigenvalue weighted by atomic mass is 9.99. The van der Waals surface area contributed by atoms with Crippen LogP contribution in [0.4, 0.5) is 0 Å². The first-order valence-electron chi connectivity index (χ1n) is 7.48. The summed E-state index contributed by atoms with van der Waals surface area (Å²) in [5, 5.41) is 0.539. The van der Waals surface area contributed by atoms with Crippen molar-refractivity contribution in [2.24, 2.45) is 0 Å². The van der Waals surface area contributed by atoms with Crippen LogP contribution in [0.5, 0.6) is 5.75 Å². The van der Waals surface area contributed by atoms with Crippen LogP contribution in [-0.2, 0) is 12.8 Å². The minimum absolute atomic E-state index is 0.539. The smallest absolute Gasteiger partial charge is 0.136 e. The molecule has 0 N–H and O–H groups in total. The SMILES string of the molecule is CCCc1nc(Cl)c(C)c(-c2cccc3c2OCCC3)n1. The summed E-state index contributed by atoms with van der Waals surface area (Å²) in [6.07, 6.45) is 3.97. The van der Waals surface area contributed by atoms with E-state index in [-0.39, 0.29) is 0 Å². The lowest BCUT2D eigenvalue weighted by Crippen LogP contribution is -2.10. The van der Waals surface area contributed by atoms with Crippen LogP contribution >= 0.6 is 11.6 Å². The zero-order valence-electron chi connectivity index (χ0n) is 12.4. The number of ether oxygens (including phenoxy) is 1. The molecule has 2 aromatic rings. The van der Waals surface area contributed by atoms with Crippen molar-refractivity contribution in [3.63, 3.8) is 0 Å². The summed E-state index contributed by atoms with van der Waals surface area (Å²) in [4.78, 5) is 9.10. The first-order chi connectivity index (χ1) is 10.2. The molecular formula is C17H19ClN2O. The second-order valence-electron chi connectivity index (χ2n) is 5.40. The molecular weight excluding hydrogens is 284 g/mol. The Hall–Kier alpha value is -1.61. The van der Waals surface area contributed by atoms with E-state index in [1.54, 1.807) is 0 Å². The summed E-state index contributed by atoms with van der Waals surface area (Å²) < 4.78 is 5.90. The molecule has 1 aliphatic rings. The van der Waals surface area contributed by atoms with Crippen molar-refractivity contribution in [2.45, 2.75) is 39.5 Å². The van der Waals surface area contributed by atoms with Crippen LogP contribution in [0, 0.1) is 6.92 Å². The summed E-state index contributed by atoms with van der Waals surface area (Å²) in [5.74, 6) is 1.76. The fourth-order valence-corrected chi connectivity index (χ4v) is 2.89. The summed E-state index contributed by atoms with van der Waals surface area (Å²) in [6, 6.07) is 6.26. The molecule has 1 aromatic heterocycles. The van der Waals surface area contributed by atoms with E-state index >= 15 is 0 Å². The second kappa shape index (κ2) is 6.02. The first-order valence-corrected chi connectivity index (χ1v) is 7.86. The molecule has 0 bridgehead atoms. The molecule has 2 heterocycles. The van der Waals surface area contributed by atoms with Crippen LogP contribution in [0.1, 0.15) is 36.7 Å². The van der Waals surface area contributed by atoms with Crippen molar-refractivity contribution in [3.05, 3.63) is 40.3 Å². The highest BCUT2D eigenvalue weighted by molar-refractivity contribution is 6.30. The lowest BCUT2D eigenvalue weighted by molar-refractivity contribution is 0.289. The first kappa shape index (κ1) is 14.3. The highest BCUT2D eigenvalue weighted by atomic mass is 35.5. The van der Waals surface area contributed by atoms with Crippen molar-refractivity contribution in [1.82, 2.24) is 9.97 Å². The van der Waals surface area contributed by atoms with E-state index in [0.717, 1.165) is 60.7 Å². The number of rotatable bonds is 3. The molecule has 3 rings (SSSR count). The summed E-state index contributed by atoms with van der Waals surface area (Å²) in [5.41, 5.74) is 4.10. The standard InChI is InChI=1S/C17H19ClN2O/c1-3-6-14-19-15(11(2)17(18)20-14)13-9-4-7-12-8-5-10-21-16(12)13/h4,7,9H,3,5-6,8,10H2,1-2H3. The van der Waals surface area contributed by atoms with Crippen molar-refractivity contribution in [3.8, 4) is 17.0 Å². The van der Waals surface area contributed by atoms with Crippen LogP contribution in [-0.4, -0.2) is 16.6 Å². The third-order valence-corrected chi connectivity index (χ3v) is 4.16. The van der Waals surface area contributed by atoms with E-state index in [9.17, 15) is 0 Å². The minimum Gasteiger partial charge on any atom is -0.493 e. The summed E-state index contributed by atoms with van der Waals surface area (Å²) >= 11 is 6.30. The Morgan fingerprint density at radius 2 is 2.14 bits per heavy atom. The van der Waals surface area contributed by atoms with E-state index < -0.39 is 0 Å². The van der Waals surface area contributed by atoms with Crippen LogP contribution in [0.3, 0.4) is 0 Å². The van der Waals surface area contributed by atoms with Crippen LogP contribution in [0.25, 0.3) is 11.3 Å². The number of nitrogens with zero attached hydrogens (tertiary/aromatic N) is 2. The Morgan fingerprint density at radius 3 is 2.95 bits per heavy atom. The van der Waals surface area contributed by atoms with E-state index in [0.29, 0.717) is 5.15 Å². The van der Waals surface area contributed by atoms with Crippen LogP contribution < -0.4 is 4.74 Å². The fraction of sp³-hybridized carbons (Fsp3) is 0.412. The van der Waals surface area contributed by atoms with Gasteiger partial charge in [-0.3, -0.25) is 0 Å². The second-order valence-corrected chi connectivity index (χ2v) is 5.76. The predicted octanol–water partition coefficient (Wildman–Crippen LogP) is 4.38. The number of hydrogen-bond donors (Lipinski definition) is 0. The van der Waals surface area contributed by atoms with Crippen molar-refractivity contribution in [1.29, 1.82) is 0 Å². The van der Waals surface area contributed by atoms with E-state index in [4.69, 9.17) is 21.3 Å². The summed E-state index contributed by atoms with van der Waals surface area (Å²) in [7, 11) is 0. The van der Waals surface area contributed by atoms with Gasteiger partial charge in [-0.1, -0.05) is 30.7 Å². The number of fused-ring (bicyclic) bond motifs is 1. The molecule has 0 radical (unpaired) electrons. The quantitative estimate of drug-likeness (QED) is 0.789. The third-order valence-electron chi connectivity index (χ3n) is 3.79. The van der Waals surface area contributed by atoms with Gasteiger partial charge in [0.2, 0.25) is 0 Å². The Bertz CT molecular complexity index is 670. The van der Waals surface area contributed by atoms with Gasteiger partial charge in [-0.15, -0.1) is 0 Å². The molecule has 0 fully saturated rings. The number of aryl methyl sites for hydroxylation is 2. The molecule has 0 aliphatic carbocycles. The van der Waals surface area contributed by atoms with Crippen molar-refractivity contribution < 1.29 is 4.74 Å². The fourth-order valence-electron chi connectivity index (χ4n) is 2.71. The molecule has 1 aromatic carbocycles. The molecule has 0 atom stereocenters. The number of hydrogen-bond acceptors (Lipinski definition) is 3. The number of aromatic nitrogens is 2. The predicted molar refractivity (Wildman–Crippen MR) is 85.0 cm³/mol. The largest absolute Gasteiger partial charge is 0.493 e. The van der Waals surface area contributed by atoms with Gasteiger partial charge in [0.15, 0.2) is 0 Å². The minimum atomic E-state index is 0.539. The molecule has 110 valence electrons. The normalized spacial score (nSPS) is 13.7. The van der Waals surface area contributed by atoms with Crippen molar-refractivity contribution >= 4 is 11.6 Å². The Labute approximate surface area is 130 Å². The van der Waals surface area contributed by atoms with Gasteiger partial charge in [0.05, 0.1) is 12.3 Å². The van der Waals surface area contributed by atoms with Gasteiger partial charge in [-0.05, 0) is 37.8 Å². The highest BCUT2D eigenvalue weighted by Crippen LogP contribution is 2.37. The molecule has 0 spiro atoms. The Morgan fingerprint density at radius 1 is 1.29 bits per heavy atom. The molecule has 21 heavy (non-hydrogen) atoms. The molecule has 3 nitrogen and oxygen atoms in total. The summed E-state index contributed by atoms with van der Waals surface area (Å²) in [6.45, 7) is 4.85. The molecule has 0 amide bonds. The molecule has 1 aliphatic heterocycles. The van der Waals surface area contributed by atoms with Gasteiger partial charge >= 0.3 is 0 Å². The van der Waals surface area contributed by atoms with Gasteiger partial charge in [0.25, 0.3) is 0 Å². The molecule has 0 saturated heterocycles. The van der Waals surface area contributed by atoms with Gasteiger partial charge in [-0.25, -0.2) is 9.97 Å². The monoisotopic (exact) mass is 302 g/mol. The number of benzene rings is 1. The average molecular weight is 303 g/mol. The van der Waals surface area contributed by atoms with E-state index in [1.807, 2.05) is 6.92 Å². The maximum absolute atomic E-state index is 6.30. The van der Waals surface area contributed by atoms with Crippen molar-refractivity contribution in [2.75, 3.05) is 6.61 Å². The Balaban J connectivity index is 2.16. The van der Waals surface area contributed by atoms with Crippen LogP contribution in [0.2, 0.25) is 5.15 Å². The highest BCUT2D eigenvalue weighted by Gasteiger charge is 2.19. The zero-order chi connectivity index (χ0) is 14.8. The third kappa shape index (κ3) is 2.75. The molecule has 0 saturated carbocycles. The van der Waals surface area contributed by atoms with Gasteiger partial charge in [0, 0.05) is 17.5 Å². The lowest BCUT2D eigenvalue weighted by Gasteiger charge is -2.21. The molecule has 4 heteroatoms. The maximum Gasteiger partial charge on any atom is 0.136 e. The van der Waals surface area contributed by atoms with Gasteiger partial charge < -0.3 is 4.74 Å². The van der Waals surface area contributed by atoms with E-state index in [2.05, 4.69) is 30.1 Å². The van der Waals surface area contributed by atoms with E-state index in [1.165, 1.54) is 5.56 Å². The van der Waals surface area contributed by atoms with Crippen LogP contribution in [0.15, 0.2) is 18.2 Å². The Kier molecular flexibility index (Phi) is 4.11. The zero-order valence-corrected chi connectivity index (χ0v) is 13.2. The van der Waals surface area contributed by atoms with Gasteiger partial charge in [0.1, 0.15) is 16.7 Å². The number of para-hydroxylation sites is 1. The maximum atomic E-state index is 6.30. The topological polar surface area (TPSA) is 35.0 Å². The number of halogens is 1.